The zero-order valence-corrected chi connectivity index (χ0v) is 19.7. The quantitative estimate of drug-likeness (QED) is 0.574. The lowest BCUT2D eigenvalue weighted by Gasteiger charge is -2.31. The Balaban J connectivity index is 2.40. The number of benzene rings is 2. The molecule has 0 unspecified atom stereocenters. The highest BCUT2D eigenvalue weighted by Gasteiger charge is 2.29. The predicted molar refractivity (Wildman–Crippen MR) is 122 cm³/mol. The van der Waals surface area contributed by atoms with Gasteiger partial charge < -0.3 is 19.7 Å². The van der Waals surface area contributed by atoms with Gasteiger partial charge in [0.1, 0.15) is 24.1 Å². The maximum atomic E-state index is 13.3. The van der Waals surface area contributed by atoms with Crippen molar-refractivity contribution in [1.82, 2.24) is 10.2 Å². The number of amides is 2. The lowest BCUT2D eigenvalue weighted by molar-refractivity contribution is -0.139. The molecule has 0 aliphatic carbocycles. The third-order valence-electron chi connectivity index (χ3n) is 4.92. The van der Waals surface area contributed by atoms with Gasteiger partial charge in [-0.15, -0.1) is 0 Å². The molecule has 32 heavy (non-hydrogen) atoms. The van der Waals surface area contributed by atoms with Gasteiger partial charge in [-0.05, 0) is 36.8 Å². The lowest BCUT2D eigenvalue weighted by Crippen LogP contribution is -2.50. The van der Waals surface area contributed by atoms with Crippen LogP contribution in [0.2, 0.25) is 0 Å². The van der Waals surface area contributed by atoms with E-state index < -0.39 is 28.5 Å². The summed E-state index contributed by atoms with van der Waals surface area (Å²) in [5, 5.41) is 2.53. The number of nitrogens with zero attached hydrogens (tertiary/aromatic N) is 2. The van der Waals surface area contributed by atoms with E-state index in [-0.39, 0.29) is 18.1 Å². The van der Waals surface area contributed by atoms with E-state index in [4.69, 9.17) is 9.47 Å². The zero-order valence-electron chi connectivity index (χ0n) is 18.9. The third kappa shape index (κ3) is 6.36. The van der Waals surface area contributed by atoms with Gasteiger partial charge in [0.25, 0.3) is 0 Å². The zero-order chi connectivity index (χ0) is 23.9. The van der Waals surface area contributed by atoms with Crippen molar-refractivity contribution in [3.05, 3.63) is 54.1 Å². The van der Waals surface area contributed by atoms with Crippen molar-refractivity contribution < 1.29 is 27.5 Å². The van der Waals surface area contributed by atoms with E-state index in [9.17, 15) is 18.0 Å². The molecule has 0 aliphatic rings. The molecule has 0 saturated carbocycles. The van der Waals surface area contributed by atoms with Crippen molar-refractivity contribution >= 4 is 27.5 Å². The summed E-state index contributed by atoms with van der Waals surface area (Å²) < 4.78 is 36.4. The molecule has 0 fully saturated rings. The van der Waals surface area contributed by atoms with Gasteiger partial charge >= 0.3 is 0 Å². The molecule has 10 heteroatoms. The number of nitrogens with one attached hydrogen (secondary N) is 1. The molecule has 2 rings (SSSR count). The molecule has 9 nitrogen and oxygen atoms in total. The average Bonchev–Trinajstić information content (AvgIpc) is 2.79. The Labute approximate surface area is 189 Å². The number of carbonyl (C=O) groups excluding carboxylic acids is 2. The number of carbonyl (C=O) groups is 2. The van der Waals surface area contributed by atoms with Gasteiger partial charge in [-0.2, -0.15) is 0 Å². The van der Waals surface area contributed by atoms with Gasteiger partial charge in [0, 0.05) is 19.7 Å². The number of anilines is 1. The summed E-state index contributed by atoms with van der Waals surface area (Å²) in [6, 6.07) is 12.7. The van der Waals surface area contributed by atoms with Crippen LogP contribution in [0.3, 0.4) is 0 Å². The van der Waals surface area contributed by atoms with E-state index in [1.807, 2.05) is 0 Å². The van der Waals surface area contributed by atoms with Crippen LogP contribution in [0.25, 0.3) is 0 Å². The molecule has 0 aromatic heterocycles. The number of likely N-dealkylation sites (N-methyl/N-ethyl adjacent to an activating group) is 1. The number of methoxy groups -OCH3 is 2. The number of sulfonamides is 1. The summed E-state index contributed by atoms with van der Waals surface area (Å²) in [6.07, 6.45) is 1.02. The molecule has 1 N–H and O–H groups in total. The van der Waals surface area contributed by atoms with Crippen LogP contribution in [0.5, 0.6) is 11.5 Å². The van der Waals surface area contributed by atoms with Crippen molar-refractivity contribution in [2.75, 3.05) is 38.4 Å². The maximum absolute atomic E-state index is 13.3. The van der Waals surface area contributed by atoms with Crippen molar-refractivity contribution in [3.63, 3.8) is 0 Å². The monoisotopic (exact) mass is 463 g/mol. The molecule has 2 aromatic carbocycles. The fraction of sp³-hybridized carbons (Fsp3) is 0.364. The number of ether oxygens (including phenoxy) is 2. The van der Waals surface area contributed by atoms with Gasteiger partial charge in [-0.25, -0.2) is 8.42 Å². The Hall–Kier alpha value is -3.27. The van der Waals surface area contributed by atoms with Crippen LogP contribution in [-0.2, 0) is 26.2 Å². The van der Waals surface area contributed by atoms with E-state index in [0.29, 0.717) is 11.5 Å². The van der Waals surface area contributed by atoms with Gasteiger partial charge in [0.15, 0.2) is 0 Å². The van der Waals surface area contributed by atoms with Crippen LogP contribution in [0.15, 0.2) is 48.5 Å². The molecular formula is C22H29N3O6S. The highest BCUT2D eigenvalue weighted by Crippen LogP contribution is 2.24. The highest BCUT2D eigenvalue weighted by atomic mass is 32.2. The first-order valence-corrected chi connectivity index (χ1v) is 11.7. The second-order valence-electron chi connectivity index (χ2n) is 7.13. The number of rotatable bonds is 10. The summed E-state index contributed by atoms with van der Waals surface area (Å²) in [7, 11) is 0.685. The molecule has 2 aromatic rings. The smallest absolute Gasteiger partial charge is 0.244 e. The topological polar surface area (TPSA) is 105 Å². The third-order valence-corrected chi connectivity index (χ3v) is 6.06. The Bertz CT molecular complexity index is 1060. The largest absolute Gasteiger partial charge is 0.497 e. The summed E-state index contributed by atoms with van der Waals surface area (Å²) >= 11 is 0. The van der Waals surface area contributed by atoms with Crippen molar-refractivity contribution in [2.45, 2.75) is 19.5 Å². The normalized spacial score (nSPS) is 11.9. The molecule has 174 valence electrons. The van der Waals surface area contributed by atoms with Crippen LogP contribution < -0.4 is 19.1 Å². The van der Waals surface area contributed by atoms with Gasteiger partial charge in [0.05, 0.1) is 26.2 Å². The molecule has 0 bridgehead atoms. The first-order chi connectivity index (χ1) is 15.1. The Morgan fingerprint density at radius 2 is 1.62 bits per heavy atom. The summed E-state index contributed by atoms with van der Waals surface area (Å²) in [6.45, 7) is 1.21. The van der Waals surface area contributed by atoms with E-state index in [0.717, 1.165) is 16.1 Å². The number of hydrogen-bond acceptors (Lipinski definition) is 6. The minimum atomic E-state index is -3.80. The first-order valence-electron chi connectivity index (χ1n) is 9.86. The molecule has 0 aliphatic heterocycles. The minimum Gasteiger partial charge on any atom is -0.497 e. The molecule has 0 heterocycles. The fourth-order valence-corrected chi connectivity index (χ4v) is 3.98. The molecule has 0 spiro atoms. The Morgan fingerprint density at radius 1 is 1.03 bits per heavy atom. The maximum Gasteiger partial charge on any atom is 0.244 e. The summed E-state index contributed by atoms with van der Waals surface area (Å²) in [5.41, 5.74) is 1.02. The van der Waals surface area contributed by atoms with Crippen molar-refractivity contribution in [3.8, 4) is 11.5 Å². The van der Waals surface area contributed by atoms with Crippen LogP contribution >= 0.6 is 0 Å². The molecule has 0 radical (unpaired) electrons. The second-order valence-corrected chi connectivity index (χ2v) is 9.04. The molecule has 2 amide bonds. The Kier molecular flexibility index (Phi) is 8.48. The van der Waals surface area contributed by atoms with E-state index in [2.05, 4.69) is 5.32 Å². The van der Waals surface area contributed by atoms with Crippen LogP contribution in [0.4, 0.5) is 5.69 Å². The highest BCUT2D eigenvalue weighted by molar-refractivity contribution is 7.92. The minimum absolute atomic E-state index is 0.0976. The molecule has 1 atom stereocenters. The van der Waals surface area contributed by atoms with Crippen LogP contribution in [0.1, 0.15) is 12.5 Å². The molecule has 0 saturated heterocycles. The first kappa shape index (κ1) is 25.0. The van der Waals surface area contributed by atoms with E-state index in [1.165, 1.54) is 32.2 Å². The molecular weight excluding hydrogens is 434 g/mol. The number of hydrogen-bond donors (Lipinski definition) is 1. The predicted octanol–water partition coefficient (Wildman–Crippen LogP) is 1.63. The van der Waals surface area contributed by atoms with E-state index in [1.54, 1.807) is 49.4 Å². The van der Waals surface area contributed by atoms with Crippen molar-refractivity contribution in [1.29, 1.82) is 0 Å². The standard InChI is InChI=1S/C22H29N3O6S/c1-16(22(27)23-2)24(14-17-8-6-10-19(12-17)30-3)21(26)15-25(32(5,28)29)18-9-7-11-20(13-18)31-4/h6-13,16H,14-15H2,1-5H3,(H,23,27)/t16-/m0/s1. The summed E-state index contributed by atoms with van der Waals surface area (Å²) in [4.78, 5) is 27.0. The fourth-order valence-electron chi connectivity index (χ4n) is 3.14. The van der Waals surface area contributed by atoms with Gasteiger partial charge in [-0.3, -0.25) is 13.9 Å². The average molecular weight is 464 g/mol. The second kappa shape index (κ2) is 10.9. The summed E-state index contributed by atoms with van der Waals surface area (Å²) in [5.74, 6) is 0.165. The van der Waals surface area contributed by atoms with Crippen LogP contribution in [0, 0.1) is 0 Å². The van der Waals surface area contributed by atoms with Gasteiger partial charge in [-0.1, -0.05) is 18.2 Å². The van der Waals surface area contributed by atoms with Crippen molar-refractivity contribution in [2.24, 2.45) is 0 Å². The Morgan fingerprint density at radius 3 is 2.19 bits per heavy atom. The lowest BCUT2D eigenvalue weighted by atomic mass is 10.1. The van der Waals surface area contributed by atoms with E-state index >= 15 is 0 Å². The van der Waals surface area contributed by atoms with Crippen LogP contribution in [-0.4, -0.2) is 65.2 Å². The van der Waals surface area contributed by atoms with Gasteiger partial charge in [0.2, 0.25) is 21.8 Å². The SMILES string of the molecule is CNC(=O)[C@H](C)N(Cc1cccc(OC)c1)C(=O)CN(c1cccc(OC)c1)S(C)(=O)=O.